The third kappa shape index (κ3) is 5.92. The van der Waals surface area contributed by atoms with Crippen molar-refractivity contribution in [2.24, 2.45) is 0 Å². The minimum atomic E-state index is -0.379. The van der Waals surface area contributed by atoms with E-state index >= 15 is 0 Å². The molecule has 0 aromatic heterocycles. The number of carbonyl (C=O) groups excluding carboxylic acids is 3. The molecule has 0 bridgehead atoms. The van der Waals surface area contributed by atoms with E-state index in [1.165, 1.54) is 12.1 Å². The Morgan fingerprint density at radius 1 is 1.10 bits per heavy atom. The summed E-state index contributed by atoms with van der Waals surface area (Å²) in [6, 6.07) is 12.9. The zero-order valence-corrected chi connectivity index (χ0v) is 16.9. The molecule has 1 aliphatic heterocycles. The van der Waals surface area contributed by atoms with Gasteiger partial charge in [0.15, 0.2) is 0 Å². The van der Waals surface area contributed by atoms with Crippen molar-refractivity contribution in [1.82, 2.24) is 10.2 Å². The van der Waals surface area contributed by atoms with Gasteiger partial charge < -0.3 is 5.32 Å². The van der Waals surface area contributed by atoms with Crippen molar-refractivity contribution in [2.45, 2.75) is 12.8 Å². The first kappa shape index (κ1) is 21.1. The van der Waals surface area contributed by atoms with Gasteiger partial charge in [-0.2, -0.15) is 0 Å². The monoisotopic (exact) mass is 432 g/mol. The lowest BCUT2D eigenvalue weighted by Gasteiger charge is -2.13. The molecule has 0 aliphatic carbocycles. The number of rotatable bonds is 7. The second kappa shape index (κ2) is 9.71. The van der Waals surface area contributed by atoms with Gasteiger partial charge in [-0.05, 0) is 59.7 Å². The molecule has 8 heteroatoms. The lowest BCUT2D eigenvalue weighted by molar-refractivity contribution is -0.124. The molecule has 29 heavy (non-hydrogen) atoms. The Balaban J connectivity index is 1.47. The van der Waals surface area contributed by atoms with Gasteiger partial charge in [-0.1, -0.05) is 35.9 Å². The van der Waals surface area contributed by atoms with Gasteiger partial charge in [0, 0.05) is 24.5 Å². The lowest BCUT2D eigenvalue weighted by Crippen LogP contribution is -2.37. The molecular weight excluding hydrogens is 415 g/mol. The average Bonchev–Trinajstić information content (AvgIpc) is 2.96. The third-order valence-electron chi connectivity index (χ3n) is 4.25. The molecule has 0 atom stereocenters. The molecule has 1 saturated heterocycles. The molecule has 0 spiro atoms. The fourth-order valence-corrected chi connectivity index (χ4v) is 3.70. The molecule has 0 unspecified atom stereocenters. The summed E-state index contributed by atoms with van der Waals surface area (Å²) in [4.78, 5) is 38.0. The summed E-state index contributed by atoms with van der Waals surface area (Å²) in [7, 11) is 0. The van der Waals surface area contributed by atoms with Crippen LogP contribution < -0.4 is 5.32 Å². The van der Waals surface area contributed by atoms with Gasteiger partial charge in [0.25, 0.3) is 11.1 Å². The quantitative estimate of drug-likeness (QED) is 0.664. The first-order chi connectivity index (χ1) is 13.9. The Bertz CT molecular complexity index is 945. The van der Waals surface area contributed by atoms with Crippen molar-refractivity contribution in [3.8, 4) is 0 Å². The van der Waals surface area contributed by atoms with E-state index in [1.54, 1.807) is 42.5 Å². The molecule has 150 valence electrons. The lowest BCUT2D eigenvalue weighted by atomic mass is 10.1. The predicted molar refractivity (Wildman–Crippen MR) is 112 cm³/mol. The molecule has 1 N–H and O–H groups in total. The number of nitrogens with zero attached hydrogens (tertiary/aromatic N) is 1. The molecule has 0 saturated carbocycles. The Morgan fingerprint density at radius 3 is 2.48 bits per heavy atom. The zero-order chi connectivity index (χ0) is 20.8. The molecular formula is C21H18ClFN2O3S. The molecule has 3 amide bonds. The second-order valence-electron chi connectivity index (χ2n) is 6.36. The normalized spacial score (nSPS) is 15.2. The smallest absolute Gasteiger partial charge is 0.293 e. The van der Waals surface area contributed by atoms with Crippen LogP contribution in [0.25, 0.3) is 6.08 Å². The first-order valence-electron chi connectivity index (χ1n) is 8.94. The van der Waals surface area contributed by atoms with Gasteiger partial charge in [-0.25, -0.2) is 4.39 Å². The number of thioether (sulfide) groups is 1. The van der Waals surface area contributed by atoms with E-state index in [1.807, 2.05) is 0 Å². The number of aryl methyl sites for hydroxylation is 1. The van der Waals surface area contributed by atoms with Gasteiger partial charge in [0.2, 0.25) is 5.91 Å². The number of benzene rings is 2. The summed E-state index contributed by atoms with van der Waals surface area (Å²) in [6.07, 6.45) is 2.37. The maximum Gasteiger partial charge on any atom is 0.293 e. The molecule has 1 fully saturated rings. The van der Waals surface area contributed by atoms with Crippen LogP contribution in [0.1, 0.15) is 17.5 Å². The summed E-state index contributed by atoms with van der Waals surface area (Å²) in [5, 5.41) is 2.92. The first-order valence-corrected chi connectivity index (χ1v) is 10.1. The minimum Gasteiger partial charge on any atom is -0.354 e. The SMILES string of the molecule is O=C(CCc1ccc(F)cc1)NCCN1C(=O)S/C(=C/c2ccc(Cl)cc2)C1=O. The Labute approximate surface area is 176 Å². The van der Waals surface area contributed by atoms with E-state index in [0.29, 0.717) is 16.3 Å². The topological polar surface area (TPSA) is 66.5 Å². The highest BCUT2D eigenvalue weighted by molar-refractivity contribution is 8.18. The van der Waals surface area contributed by atoms with Crippen LogP contribution >= 0.6 is 23.4 Å². The van der Waals surface area contributed by atoms with Gasteiger partial charge in [0.05, 0.1) is 4.91 Å². The van der Waals surface area contributed by atoms with Crippen molar-refractivity contribution in [2.75, 3.05) is 13.1 Å². The van der Waals surface area contributed by atoms with E-state index < -0.39 is 0 Å². The van der Waals surface area contributed by atoms with Crippen molar-refractivity contribution >= 4 is 46.5 Å². The predicted octanol–water partition coefficient (Wildman–Crippen LogP) is 4.26. The molecule has 0 radical (unpaired) electrons. The molecule has 2 aromatic carbocycles. The van der Waals surface area contributed by atoms with Crippen molar-refractivity contribution < 1.29 is 18.8 Å². The maximum absolute atomic E-state index is 12.9. The molecule has 2 aromatic rings. The highest BCUT2D eigenvalue weighted by atomic mass is 35.5. The Kier molecular flexibility index (Phi) is 7.06. The number of carbonyl (C=O) groups is 3. The average molecular weight is 433 g/mol. The number of halogens is 2. The molecule has 3 rings (SSSR count). The van der Waals surface area contributed by atoms with Gasteiger partial charge in [-0.15, -0.1) is 0 Å². The standard InChI is InChI=1S/C21H18ClFN2O3S/c22-16-6-1-15(2-7-16)13-18-20(27)25(21(28)29-18)12-11-24-19(26)10-5-14-3-8-17(23)9-4-14/h1-4,6-9,13H,5,10-12H2,(H,24,26)/b18-13+. The van der Waals surface area contributed by atoms with Crippen molar-refractivity contribution in [3.05, 3.63) is 75.4 Å². The van der Waals surface area contributed by atoms with E-state index in [-0.39, 0.29) is 42.4 Å². The number of nitrogens with one attached hydrogen (secondary N) is 1. The van der Waals surface area contributed by atoms with Crippen LogP contribution in [0.5, 0.6) is 0 Å². The molecule has 1 heterocycles. The van der Waals surface area contributed by atoms with Crippen molar-refractivity contribution in [3.63, 3.8) is 0 Å². The van der Waals surface area contributed by atoms with Crippen LogP contribution in [0.4, 0.5) is 9.18 Å². The van der Waals surface area contributed by atoms with Crippen LogP contribution in [-0.4, -0.2) is 35.0 Å². The molecule has 1 aliphatic rings. The maximum atomic E-state index is 12.9. The highest BCUT2D eigenvalue weighted by Gasteiger charge is 2.34. The summed E-state index contributed by atoms with van der Waals surface area (Å²) in [6.45, 7) is 0.277. The Hall–Kier alpha value is -2.64. The molecule has 5 nitrogen and oxygen atoms in total. The third-order valence-corrected chi connectivity index (χ3v) is 5.41. The number of hydrogen-bond acceptors (Lipinski definition) is 4. The van der Waals surface area contributed by atoms with Gasteiger partial charge in [0.1, 0.15) is 5.82 Å². The summed E-state index contributed by atoms with van der Waals surface area (Å²) in [5.41, 5.74) is 1.63. The Morgan fingerprint density at radius 2 is 1.79 bits per heavy atom. The second-order valence-corrected chi connectivity index (χ2v) is 7.79. The van der Waals surface area contributed by atoms with Gasteiger partial charge in [-0.3, -0.25) is 19.3 Å². The van der Waals surface area contributed by atoms with E-state index in [4.69, 9.17) is 11.6 Å². The fraction of sp³-hybridized carbons (Fsp3) is 0.190. The van der Waals surface area contributed by atoms with Crippen LogP contribution in [0.2, 0.25) is 5.02 Å². The number of hydrogen-bond donors (Lipinski definition) is 1. The summed E-state index contributed by atoms with van der Waals surface area (Å²) < 4.78 is 12.9. The van der Waals surface area contributed by atoms with Crippen LogP contribution in [0.15, 0.2) is 53.4 Å². The highest BCUT2D eigenvalue weighted by Crippen LogP contribution is 2.32. The van der Waals surface area contributed by atoms with Crippen LogP contribution in [0, 0.1) is 5.82 Å². The van der Waals surface area contributed by atoms with E-state index in [0.717, 1.165) is 27.8 Å². The van der Waals surface area contributed by atoms with Gasteiger partial charge >= 0.3 is 0 Å². The van der Waals surface area contributed by atoms with Crippen LogP contribution in [0.3, 0.4) is 0 Å². The zero-order valence-electron chi connectivity index (χ0n) is 15.4. The largest absolute Gasteiger partial charge is 0.354 e. The number of amides is 3. The summed E-state index contributed by atoms with van der Waals surface area (Å²) in [5.74, 6) is -0.894. The fourth-order valence-electron chi connectivity index (χ4n) is 2.71. The van der Waals surface area contributed by atoms with E-state index in [9.17, 15) is 18.8 Å². The van der Waals surface area contributed by atoms with Crippen molar-refractivity contribution in [1.29, 1.82) is 0 Å². The van der Waals surface area contributed by atoms with E-state index in [2.05, 4.69) is 5.32 Å². The minimum absolute atomic E-state index is 0.102. The summed E-state index contributed by atoms with van der Waals surface area (Å²) >= 11 is 6.72. The number of imide groups is 1. The van der Waals surface area contributed by atoms with Crippen LogP contribution in [-0.2, 0) is 16.0 Å².